The molecule has 0 radical (unpaired) electrons. The van der Waals surface area contributed by atoms with E-state index < -0.39 is 0 Å². The van der Waals surface area contributed by atoms with Gasteiger partial charge in [0.05, 0.1) is 6.61 Å². The molecular formula is C20H23N3O3. The Kier molecular flexibility index (Phi) is 5.86. The summed E-state index contributed by atoms with van der Waals surface area (Å²) in [5.74, 6) is 0.107. The average molecular weight is 353 g/mol. The first kappa shape index (κ1) is 17.9. The van der Waals surface area contributed by atoms with E-state index in [0.29, 0.717) is 32.5 Å². The van der Waals surface area contributed by atoms with Gasteiger partial charge in [-0.05, 0) is 35.7 Å². The van der Waals surface area contributed by atoms with Crippen molar-refractivity contribution in [1.29, 1.82) is 0 Å². The minimum Gasteiger partial charge on any atom is -0.383 e. The molecule has 0 atom stereocenters. The van der Waals surface area contributed by atoms with Crippen molar-refractivity contribution >= 4 is 23.3 Å². The number of methoxy groups -OCH3 is 1. The quantitative estimate of drug-likeness (QED) is 0.839. The van der Waals surface area contributed by atoms with Crippen LogP contribution in [0.15, 0.2) is 48.5 Å². The molecular weight excluding hydrogens is 330 g/mol. The fourth-order valence-electron chi connectivity index (χ4n) is 3.02. The molecule has 0 fully saturated rings. The number of ether oxygens (including phenoxy) is 1. The molecule has 6 nitrogen and oxygen atoms in total. The lowest BCUT2D eigenvalue weighted by Crippen LogP contribution is -2.37. The van der Waals surface area contributed by atoms with Gasteiger partial charge < -0.3 is 20.3 Å². The summed E-state index contributed by atoms with van der Waals surface area (Å²) in [6.07, 6.45) is 1.15. The molecule has 0 aliphatic carbocycles. The Balaban J connectivity index is 1.63. The van der Waals surface area contributed by atoms with Crippen LogP contribution in [0.5, 0.6) is 0 Å². The number of benzene rings is 2. The lowest BCUT2D eigenvalue weighted by molar-refractivity contribution is -0.119. The van der Waals surface area contributed by atoms with Crippen LogP contribution >= 0.6 is 0 Å². The first-order valence-corrected chi connectivity index (χ1v) is 8.68. The zero-order valence-corrected chi connectivity index (χ0v) is 14.8. The lowest BCUT2D eigenvalue weighted by atomic mass is 10.0. The van der Waals surface area contributed by atoms with Crippen molar-refractivity contribution in [2.24, 2.45) is 0 Å². The fourth-order valence-corrected chi connectivity index (χ4v) is 3.02. The highest BCUT2D eigenvalue weighted by Gasteiger charge is 2.24. The van der Waals surface area contributed by atoms with E-state index in [9.17, 15) is 9.59 Å². The maximum Gasteiger partial charge on any atom is 0.319 e. The summed E-state index contributed by atoms with van der Waals surface area (Å²) in [6, 6.07) is 15.1. The molecule has 0 saturated heterocycles. The predicted molar refractivity (Wildman–Crippen MR) is 101 cm³/mol. The van der Waals surface area contributed by atoms with Crippen molar-refractivity contribution in [3.05, 3.63) is 59.7 Å². The Hall–Kier alpha value is -2.86. The molecule has 0 unspecified atom stereocenters. The second kappa shape index (κ2) is 8.49. The highest BCUT2D eigenvalue weighted by molar-refractivity contribution is 5.97. The Morgan fingerprint density at radius 3 is 2.73 bits per heavy atom. The third-order valence-electron chi connectivity index (χ3n) is 4.35. The molecule has 1 aliphatic rings. The van der Waals surface area contributed by atoms with Gasteiger partial charge in [0.15, 0.2) is 0 Å². The van der Waals surface area contributed by atoms with E-state index in [1.807, 2.05) is 48.5 Å². The van der Waals surface area contributed by atoms with Gasteiger partial charge in [-0.3, -0.25) is 4.79 Å². The zero-order valence-electron chi connectivity index (χ0n) is 14.8. The second-order valence-electron chi connectivity index (χ2n) is 6.17. The molecule has 1 aliphatic heterocycles. The minimum absolute atomic E-state index is 0.107. The molecule has 0 aromatic heterocycles. The van der Waals surface area contributed by atoms with E-state index in [4.69, 9.17) is 4.74 Å². The topological polar surface area (TPSA) is 70.7 Å². The van der Waals surface area contributed by atoms with E-state index >= 15 is 0 Å². The second-order valence-corrected chi connectivity index (χ2v) is 6.17. The van der Waals surface area contributed by atoms with E-state index in [1.54, 1.807) is 12.0 Å². The number of anilines is 2. The van der Waals surface area contributed by atoms with E-state index in [-0.39, 0.29) is 11.9 Å². The Morgan fingerprint density at radius 1 is 1.15 bits per heavy atom. The Labute approximate surface area is 153 Å². The molecule has 3 amide bonds. The highest BCUT2D eigenvalue weighted by atomic mass is 16.5. The van der Waals surface area contributed by atoms with Crippen molar-refractivity contribution in [3.63, 3.8) is 0 Å². The maximum atomic E-state index is 12.1. The van der Waals surface area contributed by atoms with Crippen LogP contribution in [-0.4, -0.2) is 32.2 Å². The summed E-state index contributed by atoms with van der Waals surface area (Å²) in [5, 5.41) is 5.69. The number of urea groups is 1. The van der Waals surface area contributed by atoms with Crippen LogP contribution in [0.3, 0.4) is 0 Å². The first-order chi connectivity index (χ1) is 12.7. The monoisotopic (exact) mass is 353 g/mol. The van der Waals surface area contributed by atoms with Crippen LogP contribution in [-0.2, 0) is 22.5 Å². The predicted octanol–water partition coefficient (Wildman–Crippen LogP) is 2.93. The van der Waals surface area contributed by atoms with Gasteiger partial charge in [0.2, 0.25) is 5.91 Å². The van der Waals surface area contributed by atoms with Crippen LogP contribution < -0.4 is 15.5 Å². The molecule has 2 aromatic rings. The molecule has 26 heavy (non-hydrogen) atoms. The smallest absolute Gasteiger partial charge is 0.319 e. The number of amides is 3. The van der Waals surface area contributed by atoms with Gasteiger partial charge in [0.1, 0.15) is 0 Å². The zero-order chi connectivity index (χ0) is 18.4. The summed E-state index contributed by atoms with van der Waals surface area (Å²) >= 11 is 0. The number of rotatable bonds is 6. The number of hydrogen-bond donors (Lipinski definition) is 2. The molecule has 136 valence electrons. The van der Waals surface area contributed by atoms with Crippen molar-refractivity contribution in [2.75, 3.05) is 30.5 Å². The number of nitrogens with zero attached hydrogens (tertiary/aromatic N) is 1. The largest absolute Gasteiger partial charge is 0.383 e. The van der Waals surface area contributed by atoms with Crippen molar-refractivity contribution < 1.29 is 14.3 Å². The van der Waals surface area contributed by atoms with Gasteiger partial charge in [0.25, 0.3) is 0 Å². The molecule has 1 heterocycles. The fraction of sp³-hybridized carbons (Fsp3) is 0.300. The first-order valence-electron chi connectivity index (χ1n) is 8.68. The number of carbonyl (C=O) groups is 2. The van der Waals surface area contributed by atoms with Gasteiger partial charge in [-0.15, -0.1) is 0 Å². The van der Waals surface area contributed by atoms with Crippen LogP contribution in [0, 0.1) is 0 Å². The average Bonchev–Trinajstić information content (AvgIpc) is 2.66. The third kappa shape index (κ3) is 4.40. The van der Waals surface area contributed by atoms with Crippen molar-refractivity contribution in [1.82, 2.24) is 5.32 Å². The van der Waals surface area contributed by atoms with Crippen molar-refractivity contribution in [2.45, 2.75) is 19.4 Å². The van der Waals surface area contributed by atoms with Gasteiger partial charge in [-0.1, -0.05) is 30.3 Å². The SMILES string of the molecule is COCCN1C(=O)CCc2cc(NC(=O)NCc3ccccc3)ccc21. The number of carbonyl (C=O) groups excluding carboxylic acids is 2. The van der Waals surface area contributed by atoms with E-state index in [2.05, 4.69) is 10.6 Å². The molecule has 2 N–H and O–H groups in total. The molecule has 2 aromatic carbocycles. The Bertz CT molecular complexity index is 777. The van der Waals surface area contributed by atoms with Gasteiger partial charge in [-0.25, -0.2) is 4.79 Å². The van der Waals surface area contributed by atoms with Crippen molar-refractivity contribution in [3.8, 4) is 0 Å². The van der Waals surface area contributed by atoms with Crippen LogP contribution in [0.25, 0.3) is 0 Å². The molecule has 3 rings (SSSR count). The van der Waals surface area contributed by atoms with Gasteiger partial charge in [-0.2, -0.15) is 0 Å². The molecule has 0 bridgehead atoms. The number of fused-ring (bicyclic) bond motifs is 1. The number of aryl methyl sites for hydroxylation is 1. The van der Waals surface area contributed by atoms with Crippen LogP contribution in [0.1, 0.15) is 17.5 Å². The van der Waals surface area contributed by atoms with E-state index in [0.717, 1.165) is 22.5 Å². The third-order valence-corrected chi connectivity index (χ3v) is 4.35. The minimum atomic E-state index is -0.253. The maximum absolute atomic E-state index is 12.1. The summed E-state index contributed by atoms with van der Waals surface area (Å²) < 4.78 is 5.09. The summed E-state index contributed by atoms with van der Waals surface area (Å²) in [4.78, 5) is 26.0. The molecule has 0 saturated carbocycles. The standard InChI is InChI=1S/C20H23N3O3/c1-26-12-11-23-18-9-8-17(13-16(18)7-10-19(23)24)22-20(25)21-14-15-5-3-2-4-6-15/h2-6,8-9,13H,7,10-12,14H2,1H3,(H2,21,22,25). The van der Waals surface area contributed by atoms with Gasteiger partial charge in [0, 0.05) is 38.0 Å². The van der Waals surface area contributed by atoms with E-state index in [1.165, 1.54) is 0 Å². The van der Waals surface area contributed by atoms with Crippen LogP contribution in [0.2, 0.25) is 0 Å². The highest BCUT2D eigenvalue weighted by Crippen LogP contribution is 2.30. The summed E-state index contributed by atoms with van der Waals surface area (Å²) in [7, 11) is 1.62. The molecule has 0 spiro atoms. The van der Waals surface area contributed by atoms with Crippen LogP contribution in [0.4, 0.5) is 16.2 Å². The number of hydrogen-bond acceptors (Lipinski definition) is 3. The van der Waals surface area contributed by atoms with Gasteiger partial charge >= 0.3 is 6.03 Å². The summed E-state index contributed by atoms with van der Waals surface area (Å²) in [6.45, 7) is 1.50. The number of nitrogens with one attached hydrogen (secondary N) is 2. The molecule has 6 heteroatoms. The summed E-state index contributed by atoms with van der Waals surface area (Å²) in [5.41, 5.74) is 3.71. The lowest BCUT2D eigenvalue weighted by Gasteiger charge is -2.29. The normalized spacial score (nSPS) is 13.3. The Morgan fingerprint density at radius 2 is 1.96 bits per heavy atom.